The highest BCUT2D eigenvalue weighted by atomic mass is 16.5. The van der Waals surface area contributed by atoms with Crippen LogP contribution < -0.4 is 10.6 Å². The first-order chi connectivity index (χ1) is 10.2. The maximum atomic E-state index is 11.8. The van der Waals surface area contributed by atoms with Gasteiger partial charge in [0.25, 0.3) is 5.91 Å². The van der Waals surface area contributed by atoms with E-state index in [1.54, 1.807) is 31.4 Å². The van der Waals surface area contributed by atoms with Gasteiger partial charge in [-0.25, -0.2) is 0 Å². The van der Waals surface area contributed by atoms with Crippen molar-refractivity contribution in [2.75, 3.05) is 32.2 Å². The molecule has 0 spiro atoms. The van der Waals surface area contributed by atoms with Gasteiger partial charge in [0.05, 0.1) is 13.2 Å². The highest BCUT2D eigenvalue weighted by Crippen LogP contribution is 2.19. The number of nitrogens with one attached hydrogen (secondary N) is 2. The van der Waals surface area contributed by atoms with Crippen molar-refractivity contribution in [3.05, 3.63) is 29.8 Å². The van der Waals surface area contributed by atoms with Crippen LogP contribution in [-0.4, -0.2) is 44.8 Å². The summed E-state index contributed by atoms with van der Waals surface area (Å²) in [4.78, 5) is 23.4. The summed E-state index contributed by atoms with van der Waals surface area (Å²) in [6, 6.07) is 7.13. The molecule has 0 heterocycles. The first-order valence-corrected chi connectivity index (χ1v) is 6.96. The van der Waals surface area contributed by atoms with E-state index < -0.39 is 0 Å². The summed E-state index contributed by atoms with van der Waals surface area (Å²) in [5.41, 5.74) is 1.23. The molecule has 0 atom stereocenters. The number of carbonyl (C=O) groups excluding carboxylic acids is 2. The van der Waals surface area contributed by atoms with Crippen molar-refractivity contribution in [2.24, 2.45) is 0 Å². The van der Waals surface area contributed by atoms with Crippen molar-refractivity contribution in [2.45, 2.75) is 18.9 Å². The SMILES string of the molecule is COCCOCC(=O)Nc1ccc(C(=O)NC2CC2)cc1. The Balaban J connectivity index is 1.75. The summed E-state index contributed by atoms with van der Waals surface area (Å²) in [6.07, 6.45) is 2.12. The third-order valence-electron chi connectivity index (χ3n) is 3.01. The molecule has 6 heteroatoms. The van der Waals surface area contributed by atoms with Crippen LogP contribution in [-0.2, 0) is 14.3 Å². The number of ether oxygens (including phenoxy) is 2. The molecule has 0 saturated heterocycles. The van der Waals surface area contributed by atoms with Gasteiger partial charge in [0.1, 0.15) is 6.61 Å². The zero-order valence-electron chi connectivity index (χ0n) is 12.1. The topological polar surface area (TPSA) is 76.7 Å². The number of hydrogen-bond donors (Lipinski definition) is 2. The highest BCUT2D eigenvalue weighted by molar-refractivity contribution is 5.96. The van der Waals surface area contributed by atoms with Gasteiger partial charge < -0.3 is 20.1 Å². The second-order valence-corrected chi connectivity index (χ2v) is 4.92. The molecule has 0 radical (unpaired) electrons. The molecule has 2 amide bonds. The van der Waals surface area contributed by atoms with Gasteiger partial charge >= 0.3 is 0 Å². The van der Waals surface area contributed by atoms with Crippen LogP contribution >= 0.6 is 0 Å². The van der Waals surface area contributed by atoms with E-state index in [4.69, 9.17) is 9.47 Å². The Bertz CT molecular complexity index is 483. The molecular formula is C15H20N2O4. The fraction of sp³-hybridized carbons (Fsp3) is 0.467. The predicted octanol–water partition coefficient (Wildman–Crippen LogP) is 1.18. The smallest absolute Gasteiger partial charge is 0.251 e. The molecular weight excluding hydrogens is 272 g/mol. The van der Waals surface area contributed by atoms with Gasteiger partial charge in [-0.2, -0.15) is 0 Å². The van der Waals surface area contributed by atoms with E-state index in [0.717, 1.165) is 12.8 Å². The minimum atomic E-state index is -0.235. The number of amides is 2. The quantitative estimate of drug-likeness (QED) is 0.705. The molecule has 6 nitrogen and oxygen atoms in total. The van der Waals surface area contributed by atoms with Crippen molar-refractivity contribution in [3.8, 4) is 0 Å². The van der Waals surface area contributed by atoms with E-state index in [2.05, 4.69) is 10.6 Å². The number of anilines is 1. The highest BCUT2D eigenvalue weighted by Gasteiger charge is 2.23. The average molecular weight is 292 g/mol. The van der Waals surface area contributed by atoms with E-state index in [1.165, 1.54) is 0 Å². The standard InChI is InChI=1S/C15H20N2O4/c1-20-8-9-21-10-14(18)16-12-4-2-11(3-5-12)15(19)17-13-6-7-13/h2-5,13H,6-10H2,1H3,(H,16,18)(H,17,19). The molecule has 1 fully saturated rings. The van der Waals surface area contributed by atoms with E-state index >= 15 is 0 Å². The zero-order chi connectivity index (χ0) is 15.1. The Morgan fingerprint density at radius 3 is 2.52 bits per heavy atom. The van der Waals surface area contributed by atoms with Crippen LogP contribution in [0.2, 0.25) is 0 Å². The molecule has 0 unspecified atom stereocenters. The first kappa shape index (κ1) is 15.5. The van der Waals surface area contributed by atoms with E-state index in [-0.39, 0.29) is 18.4 Å². The minimum Gasteiger partial charge on any atom is -0.382 e. The third-order valence-corrected chi connectivity index (χ3v) is 3.01. The number of carbonyl (C=O) groups is 2. The van der Waals surface area contributed by atoms with E-state index in [1.807, 2.05) is 0 Å². The van der Waals surface area contributed by atoms with Gasteiger partial charge in [-0.3, -0.25) is 9.59 Å². The Labute approximate surface area is 123 Å². The Hall–Kier alpha value is -1.92. The van der Waals surface area contributed by atoms with Gasteiger partial charge in [0.2, 0.25) is 5.91 Å². The molecule has 114 valence electrons. The van der Waals surface area contributed by atoms with Crippen molar-refractivity contribution < 1.29 is 19.1 Å². The maximum absolute atomic E-state index is 11.8. The van der Waals surface area contributed by atoms with Gasteiger partial charge in [-0.05, 0) is 37.1 Å². The minimum absolute atomic E-state index is 0.0206. The van der Waals surface area contributed by atoms with Crippen molar-refractivity contribution >= 4 is 17.5 Å². The van der Waals surface area contributed by atoms with Gasteiger partial charge in [-0.15, -0.1) is 0 Å². The molecule has 0 aromatic heterocycles. The fourth-order valence-electron chi connectivity index (χ4n) is 1.71. The van der Waals surface area contributed by atoms with Crippen LogP contribution in [0.3, 0.4) is 0 Å². The maximum Gasteiger partial charge on any atom is 0.251 e. The molecule has 1 saturated carbocycles. The Kier molecular flexibility index (Phi) is 5.71. The summed E-state index contributed by atoms with van der Waals surface area (Å²) < 4.78 is 9.93. The largest absolute Gasteiger partial charge is 0.382 e. The molecule has 1 aromatic rings. The molecule has 0 aliphatic heterocycles. The lowest BCUT2D eigenvalue weighted by molar-refractivity contribution is -0.121. The fourth-order valence-corrected chi connectivity index (χ4v) is 1.71. The third kappa shape index (κ3) is 5.53. The number of rotatable bonds is 8. The Morgan fingerprint density at radius 1 is 1.19 bits per heavy atom. The Morgan fingerprint density at radius 2 is 1.90 bits per heavy atom. The summed E-state index contributed by atoms with van der Waals surface area (Å²) >= 11 is 0. The molecule has 2 N–H and O–H groups in total. The second-order valence-electron chi connectivity index (χ2n) is 4.92. The van der Waals surface area contributed by atoms with Gasteiger partial charge in [0.15, 0.2) is 0 Å². The van der Waals surface area contributed by atoms with E-state index in [9.17, 15) is 9.59 Å². The van der Waals surface area contributed by atoms with Crippen molar-refractivity contribution in [3.63, 3.8) is 0 Å². The van der Waals surface area contributed by atoms with Crippen molar-refractivity contribution in [1.29, 1.82) is 0 Å². The van der Waals surface area contributed by atoms with Crippen LogP contribution in [0.15, 0.2) is 24.3 Å². The van der Waals surface area contributed by atoms with E-state index in [0.29, 0.717) is 30.5 Å². The molecule has 1 aliphatic carbocycles. The van der Waals surface area contributed by atoms with Crippen LogP contribution in [0, 0.1) is 0 Å². The second kappa shape index (κ2) is 7.75. The molecule has 1 aliphatic rings. The zero-order valence-corrected chi connectivity index (χ0v) is 12.1. The van der Waals surface area contributed by atoms with Gasteiger partial charge in [-0.1, -0.05) is 0 Å². The summed E-state index contributed by atoms with van der Waals surface area (Å²) in [5, 5.41) is 5.61. The number of hydrogen-bond acceptors (Lipinski definition) is 4. The molecule has 2 rings (SSSR count). The van der Waals surface area contributed by atoms with Gasteiger partial charge in [0, 0.05) is 24.4 Å². The van der Waals surface area contributed by atoms with Crippen molar-refractivity contribution in [1.82, 2.24) is 5.32 Å². The van der Waals surface area contributed by atoms with Crippen LogP contribution in [0.5, 0.6) is 0 Å². The lowest BCUT2D eigenvalue weighted by Crippen LogP contribution is -2.25. The van der Waals surface area contributed by atoms with Crippen LogP contribution in [0.1, 0.15) is 23.2 Å². The molecule has 0 bridgehead atoms. The summed E-state index contributed by atoms with van der Waals surface area (Å²) in [6.45, 7) is 0.815. The van der Waals surface area contributed by atoms with Crippen LogP contribution in [0.25, 0.3) is 0 Å². The number of methoxy groups -OCH3 is 1. The lowest BCUT2D eigenvalue weighted by atomic mass is 10.2. The first-order valence-electron chi connectivity index (χ1n) is 6.96. The molecule has 21 heavy (non-hydrogen) atoms. The predicted molar refractivity (Wildman–Crippen MR) is 78.3 cm³/mol. The summed E-state index contributed by atoms with van der Waals surface area (Å²) in [5.74, 6) is -0.306. The number of benzene rings is 1. The normalized spacial score (nSPS) is 13.8. The molecule has 1 aromatic carbocycles. The lowest BCUT2D eigenvalue weighted by Gasteiger charge is -2.07. The summed E-state index contributed by atoms with van der Waals surface area (Å²) in [7, 11) is 1.57. The monoisotopic (exact) mass is 292 g/mol. The average Bonchev–Trinajstić information content (AvgIpc) is 3.28. The van der Waals surface area contributed by atoms with Crippen LogP contribution in [0.4, 0.5) is 5.69 Å².